The van der Waals surface area contributed by atoms with Crippen molar-refractivity contribution in [3.05, 3.63) is 69.2 Å². The van der Waals surface area contributed by atoms with Crippen LogP contribution in [0.15, 0.2) is 53.4 Å². The maximum Gasteiger partial charge on any atom is 0.410 e. The number of hydrazine groups is 1. The fourth-order valence-electron chi connectivity index (χ4n) is 7.41. The number of para-hydroxylation sites is 1. The Hall–Kier alpha value is -3.79. The zero-order valence-corrected chi connectivity index (χ0v) is 34.6. The quantitative estimate of drug-likeness (QED) is 0.160. The van der Waals surface area contributed by atoms with Gasteiger partial charge in [0, 0.05) is 36.8 Å². The summed E-state index contributed by atoms with van der Waals surface area (Å²) in [6.45, 7) is 11.2. The van der Waals surface area contributed by atoms with E-state index in [2.05, 4.69) is 16.1 Å². The fraction of sp³-hybridized carbons (Fsp3) is 0.615. The molecule has 3 N–H and O–H groups in total. The minimum Gasteiger partial charge on any atom is -0.444 e. The first-order valence-electron chi connectivity index (χ1n) is 18.9. The number of nitrogens with zero attached hydrogens (tertiary/aromatic N) is 3. The van der Waals surface area contributed by atoms with E-state index in [9.17, 15) is 32.9 Å². The van der Waals surface area contributed by atoms with Gasteiger partial charge >= 0.3 is 6.09 Å². The predicted molar refractivity (Wildman–Crippen MR) is 211 cm³/mol. The molecule has 1 aliphatic carbocycles. The van der Waals surface area contributed by atoms with E-state index in [1.807, 2.05) is 20.8 Å². The van der Waals surface area contributed by atoms with Gasteiger partial charge in [-0.1, -0.05) is 55.1 Å². The zero-order chi connectivity index (χ0) is 40.8. The van der Waals surface area contributed by atoms with Crippen LogP contribution in [0.25, 0.3) is 0 Å². The molecule has 0 aromatic heterocycles. The highest BCUT2D eigenvalue weighted by Gasteiger charge is 2.48. The van der Waals surface area contributed by atoms with Crippen LogP contribution in [0.4, 0.5) is 10.5 Å². The average Bonchev–Trinajstić information content (AvgIpc) is 3.11. The smallest absolute Gasteiger partial charge is 0.410 e. The Balaban J connectivity index is 1.65. The third kappa shape index (κ3) is 11.9. The molecule has 1 aliphatic heterocycles. The van der Waals surface area contributed by atoms with Crippen LogP contribution < -0.4 is 16.1 Å². The van der Waals surface area contributed by atoms with Gasteiger partial charge in [0.05, 0.1) is 22.9 Å². The van der Waals surface area contributed by atoms with Crippen molar-refractivity contribution in [1.29, 1.82) is 0 Å². The maximum absolute atomic E-state index is 14.4. The number of sulfone groups is 1. The standard InChI is InChI=1S/C39H57ClN6O8S/c1-37(2,3)42-35(48)39(28-13-9-8-10-14-28)21-23-45(24-22-39)43-34(47)30(25-27-17-19-29(40)20-18-27)41-33(26-44(7)36(49)54-38(4,5)6)55(52,53)32-16-12-11-15-31(32)46(50)51/h11-12,15-20,28,30,33,41H,8-10,13-14,21-26H2,1-7H3,(H,42,48)(H,43,47). The number of likely N-dealkylation sites (N-methyl/N-ethyl adjacent to an activating group) is 1. The summed E-state index contributed by atoms with van der Waals surface area (Å²) in [6.07, 6.45) is 5.51. The molecule has 1 saturated carbocycles. The number of amides is 3. The van der Waals surface area contributed by atoms with Gasteiger partial charge in [-0.15, -0.1) is 0 Å². The van der Waals surface area contributed by atoms with E-state index in [-0.39, 0.29) is 18.2 Å². The van der Waals surface area contributed by atoms with E-state index in [1.165, 1.54) is 19.2 Å². The third-order valence-corrected chi connectivity index (χ3v) is 12.4. The fourth-order valence-corrected chi connectivity index (χ4v) is 9.30. The van der Waals surface area contributed by atoms with Gasteiger partial charge in [-0.05, 0) is 103 Å². The number of hydrogen-bond acceptors (Lipinski definition) is 10. The molecular formula is C39H57ClN6O8S. The first-order chi connectivity index (χ1) is 25.6. The lowest BCUT2D eigenvalue weighted by molar-refractivity contribution is -0.387. The topological polar surface area (TPSA) is 180 Å². The van der Waals surface area contributed by atoms with Gasteiger partial charge in [0.15, 0.2) is 0 Å². The van der Waals surface area contributed by atoms with E-state index in [0.29, 0.717) is 36.5 Å². The van der Waals surface area contributed by atoms with Gasteiger partial charge in [0.1, 0.15) is 15.9 Å². The van der Waals surface area contributed by atoms with E-state index in [4.69, 9.17) is 16.3 Å². The normalized spacial score (nSPS) is 18.1. The number of ether oxygens (including phenoxy) is 1. The molecule has 2 unspecified atom stereocenters. The van der Waals surface area contributed by atoms with Crippen LogP contribution in [0.1, 0.15) is 92.1 Å². The molecule has 3 amide bonds. The number of nitro benzene ring substituents is 1. The highest BCUT2D eigenvalue weighted by atomic mass is 35.5. The minimum absolute atomic E-state index is 0.00982. The molecular weight excluding hydrogens is 748 g/mol. The minimum atomic E-state index is -4.62. The van der Waals surface area contributed by atoms with E-state index < -0.39 is 71.9 Å². The number of halogens is 1. The molecule has 55 heavy (non-hydrogen) atoms. The lowest BCUT2D eigenvalue weighted by atomic mass is 9.63. The van der Waals surface area contributed by atoms with Crippen LogP contribution in [0.2, 0.25) is 5.02 Å². The summed E-state index contributed by atoms with van der Waals surface area (Å²) in [6, 6.07) is 10.5. The molecule has 2 aromatic carbocycles. The summed E-state index contributed by atoms with van der Waals surface area (Å²) in [5.41, 5.74) is 1.13. The van der Waals surface area contributed by atoms with Crippen molar-refractivity contribution in [3.8, 4) is 0 Å². The van der Waals surface area contributed by atoms with Crippen molar-refractivity contribution < 1.29 is 32.5 Å². The SMILES string of the molecule is CN(CC(NC(Cc1ccc(Cl)cc1)C(=O)NN1CCC(C(=O)NC(C)(C)C)(C2CCCCC2)CC1)S(=O)(=O)c1ccccc1[N+](=O)[O-])C(=O)OC(C)(C)C. The van der Waals surface area contributed by atoms with Gasteiger partial charge in [0.25, 0.3) is 11.6 Å². The summed E-state index contributed by atoms with van der Waals surface area (Å²) in [5, 5.41) is 18.7. The van der Waals surface area contributed by atoms with Crippen molar-refractivity contribution in [1.82, 2.24) is 26.0 Å². The second-order valence-electron chi connectivity index (χ2n) is 16.8. The lowest BCUT2D eigenvalue weighted by Crippen LogP contribution is -2.61. The number of hydrogen-bond donors (Lipinski definition) is 3. The van der Waals surface area contributed by atoms with Crippen LogP contribution in [-0.2, 0) is 30.6 Å². The van der Waals surface area contributed by atoms with E-state index in [1.54, 1.807) is 50.0 Å². The molecule has 0 bridgehead atoms. The molecule has 1 heterocycles. The van der Waals surface area contributed by atoms with Crippen LogP contribution in [0.3, 0.4) is 0 Å². The number of benzene rings is 2. The summed E-state index contributed by atoms with van der Waals surface area (Å²) >= 11 is 6.15. The molecule has 2 fully saturated rings. The molecule has 2 atom stereocenters. The molecule has 14 nitrogen and oxygen atoms in total. The zero-order valence-electron chi connectivity index (χ0n) is 33.0. The van der Waals surface area contributed by atoms with Crippen LogP contribution >= 0.6 is 11.6 Å². The second-order valence-corrected chi connectivity index (χ2v) is 19.4. The van der Waals surface area contributed by atoms with Crippen molar-refractivity contribution in [2.24, 2.45) is 11.3 Å². The van der Waals surface area contributed by atoms with Crippen molar-refractivity contribution in [2.75, 3.05) is 26.7 Å². The Morgan fingerprint density at radius 3 is 2.16 bits per heavy atom. The molecule has 0 spiro atoms. The molecule has 2 aliphatic rings. The van der Waals surface area contributed by atoms with Gasteiger partial charge < -0.3 is 15.0 Å². The van der Waals surface area contributed by atoms with Crippen molar-refractivity contribution in [2.45, 2.75) is 120 Å². The molecule has 304 valence electrons. The van der Waals surface area contributed by atoms with Crippen molar-refractivity contribution in [3.63, 3.8) is 0 Å². The highest BCUT2D eigenvalue weighted by Crippen LogP contribution is 2.46. The summed E-state index contributed by atoms with van der Waals surface area (Å²) in [4.78, 5) is 53.0. The lowest BCUT2D eigenvalue weighted by Gasteiger charge is -2.47. The highest BCUT2D eigenvalue weighted by molar-refractivity contribution is 7.92. The number of nitro groups is 1. The number of carbonyl (C=O) groups is 3. The Morgan fingerprint density at radius 2 is 1.60 bits per heavy atom. The molecule has 1 saturated heterocycles. The van der Waals surface area contributed by atoms with E-state index >= 15 is 0 Å². The van der Waals surface area contributed by atoms with Gasteiger partial charge in [-0.2, -0.15) is 0 Å². The summed E-state index contributed by atoms with van der Waals surface area (Å²) < 4.78 is 34.2. The molecule has 0 radical (unpaired) electrons. The predicted octanol–water partition coefficient (Wildman–Crippen LogP) is 6.02. The van der Waals surface area contributed by atoms with Crippen LogP contribution in [-0.4, -0.2) is 90.4 Å². The molecule has 16 heteroatoms. The average molecular weight is 805 g/mol. The largest absolute Gasteiger partial charge is 0.444 e. The Bertz CT molecular complexity index is 1780. The number of nitrogens with one attached hydrogen (secondary N) is 3. The van der Waals surface area contributed by atoms with Crippen LogP contribution in [0.5, 0.6) is 0 Å². The van der Waals surface area contributed by atoms with Crippen molar-refractivity contribution >= 4 is 45.0 Å². The van der Waals surface area contributed by atoms with Gasteiger partial charge in [0.2, 0.25) is 15.7 Å². The van der Waals surface area contributed by atoms with Gasteiger partial charge in [-0.3, -0.25) is 30.4 Å². The first kappa shape index (κ1) is 43.9. The summed E-state index contributed by atoms with van der Waals surface area (Å²) in [7, 11) is -3.27. The Labute approximate surface area is 330 Å². The second kappa shape index (κ2) is 18.0. The molecule has 2 aromatic rings. The Morgan fingerprint density at radius 1 is 1.00 bits per heavy atom. The Kier molecular flexibility index (Phi) is 14.4. The number of carbonyl (C=O) groups excluding carboxylic acids is 3. The first-order valence-corrected chi connectivity index (χ1v) is 20.8. The number of piperidine rings is 1. The van der Waals surface area contributed by atoms with Crippen LogP contribution in [0, 0.1) is 21.4 Å². The number of rotatable bonds is 13. The van der Waals surface area contributed by atoms with E-state index in [0.717, 1.165) is 49.1 Å². The monoisotopic (exact) mass is 804 g/mol. The van der Waals surface area contributed by atoms with Gasteiger partial charge in [-0.25, -0.2) is 18.2 Å². The third-order valence-electron chi connectivity index (χ3n) is 10.2. The summed E-state index contributed by atoms with van der Waals surface area (Å²) in [5.74, 6) is -0.282. The molecule has 4 rings (SSSR count). The maximum atomic E-state index is 14.4.